The molecule has 0 atom stereocenters. The van der Waals surface area contributed by atoms with Crippen LogP contribution >= 0.6 is 0 Å². The first kappa shape index (κ1) is 6.75. The zero-order valence-corrected chi connectivity index (χ0v) is 5.59. The van der Waals surface area contributed by atoms with Crippen LogP contribution in [0.1, 0.15) is 0 Å². The van der Waals surface area contributed by atoms with E-state index in [0.717, 1.165) is 0 Å². The minimum absolute atomic E-state index is 0.880. The van der Waals surface area contributed by atoms with Gasteiger partial charge in [-0.05, 0) is 0 Å². The molecule has 0 heterocycles. The molecule has 0 spiro atoms. The molecule has 36 valence electrons. The molecule has 0 saturated heterocycles. The molecule has 0 aliphatic carbocycles. The van der Waals surface area contributed by atoms with Crippen molar-refractivity contribution in [3.8, 4) is 0 Å². The van der Waals surface area contributed by atoms with Gasteiger partial charge < -0.3 is 0 Å². The molecule has 0 radical (unpaired) electrons. The van der Waals surface area contributed by atoms with E-state index in [-0.39, 0.29) is 0 Å². The van der Waals surface area contributed by atoms with Crippen LogP contribution in [-0.4, -0.2) is 14.1 Å². The van der Waals surface area contributed by atoms with E-state index in [9.17, 15) is 0 Å². The highest BCUT2D eigenvalue weighted by Crippen LogP contribution is 1.82. The molecule has 0 N–H and O–H groups in total. The van der Waals surface area contributed by atoms with Gasteiger partial charge in [-0.1, -0.05) is 0 Å². The largest absolute Gasteiger partial charge is 0.357 e. The van der Waals surface area contributed by atoms with Crippen LogP contribution < -0.4 is 0 Å². The van der Waals surface area contributed by atoms with E-state index in [2.05, 4.69) is 19.7 Å². The van der Waals surface area contributed by atoms with Crippen molar-refractivity contribution in [1.29, 1.82) is 0 Å². The maximum Gasteiger partial charge on any atom is 0.357 e. The smallest absolute Gasteiger partial charge is 0.143 e. The molecule has 0 amide bonds. The Bertz CT molecular complexity index is 65.2. The predicted molar refractivity (Wildman–Crippen MR) is 36.3 cm³/mol. The summed E-state index contributed by atoms with van der Waals surface area (Å²) in [5.41, 5.74) is 0. The van der Waals surface area contributed by atoms with E-state index < -0.39 is 14.1 Å². The fraction of sp³-hybridized carbons (Fsp3) is 0. The van der Waals surface area contributed by atoms with Gasteiger partial charge in [0.25, 0.3) is 0 Å². The topological polar surface area (TPSA) is 0 Å². The number of hydrogen-bond donors (Lipinski definition) is 0. The van der Waals surface area contributed by atoms with Crippen molar-refractivity contribution in [3.05, 3.63) is 34.6 Å². The summed E-state index contributed by atoms with van der Waals surface area (Å²) < 4.78 is 0. The molecular formula is C6H9Al. The fourth-order valence-electron chi connectivity index (χ4n) is 0.289. The van der Waals surface area contributed by atoms with Gasteiger partial charge in [-0.2, -0.15) is 0 Å². The predicted octanol–water partition coefficient (Wildman–Crippen LogP) is 1.66. The minimum atomic E-state index is -0.880. The first-order valence-corrected chi connectivity index (χ1v) is 4.22. The summed E-state index contributed by atoms with van der Waals surface area (Å²) in [6.45, 7) is 10.9. The summed E-state index contributed by atoms with van der Waals surface area (Å²) in [5.74, 6) is 0. The Morgan fingerprint density at radius 1 is 0.857 bits per heavy atom. The zero-order chi connectivity index (χ0) is 5.70. The highest BCUT2D eigenvalue weighted by Gasteiger charge is 1.97. The van der Waals surface area contributed by atoms with Crippen LogP contribution in [0.3, 0.4) is 0 Å². The van der Waals surface area contributed by atoms with Gasteiger partial charge in [0.15, 0.2) is 0 Å². The number of hydrogen-bond acceptors (Lipinski definition) is 0. The zero-order valence-electron chi connectivity index (χ0n) is 4.43. The second kappa shape index (κ2) is 3.93. The van der Waals surface area contributed by atoms with Crippen LogP contribution in [0.4, 0.5) is 0 Å². The van der Waals surface area contributed by atoms with E-state index in [0.29, 0.717) is 0 Å². The van der Waals surface area contributed by atoms with Crippen molar-refractivity contribution in [2.45, 2.75) is 0 Å². The molecule has 0 aromatic carbocycles. The monoisotopic (exact) mass is 108 g/mol. The van der Waals surface area contributed by atoms with Crippen molar-refractivity contribution in [2.75, 3.05) is 0 Å². The summed E-state index contributed by atoms with van der Waals surface area (Å²) in [7, 11) is 0. The molecule has 0 aromatic heterocycles. The van der Waals surface area contributed by atoms with Crippen molar-refractivity contribution < 1.29 is 0 Å². The normalized spacial score (nSPS) is 6.86. The van der Waals surface area contributed by atoms with Gasteiger partial charge in [-0.25, -0.2) is 0 Å². The van der Waals surface area contributed by atoms with Gasteiger partial charge in [-0.3, -0.25) is 0 Å². The lowest BCUT2D eigenvalue weighted by Crippen LogP contribution is -1.97. The molecule has 7 heavy (non-hydrogen) atoms. The lowest BCUT2D eigenvalue weighted by molar-refractivity contribution is 2.26. The second-order valence-electron chi connectivity index (χ2n) is 1.28. The summed E-state index contributed by atoms with van der Waals surface area (Å²) in [6, 6.07) is 0. The van der Waals surface area contributed by atoms with Gasteiger partial charge in [0.1, 0.15) is 0 Å². The van der Waals surface area contributed by atoms with Gasteiger partial charge in [0.05, 0.1) is 0 Å². The molecule has 0 unspecified atom stereocenters. The SMILES string of the molecule is C=[CH][Al]([CH]=C)[CH]=C. The van der Waals surface area contributed by atoms with Crippen LogP contribution in [0.2, 0.25) is 0 Å². The highest BCUT2D eigenvalue weighted by atomic mass is 27.2. The van der Waals surface area contributed by atoms with Crippen molar-refractivity contribution in [2.24, 2.45) is 0 Å². The van der Waals surface area contributed by atoms with Crippen LogP contribution in [0.5, 0.6) is 0 Å². The molecule has 0 rings (SSSR count). The molecule has 0 aliphatic rings. The van der Waals surface area contributed by atoms with Gasteiger partial charge in [-0.15, -0.1) is 34.6 Å². The summed E-state index contributed by atoms with van der Waals surface area (Å²) >= 11 is -0.880. The molecule has 0 saturated carbocycles. The Hall–Kier alpha value is -0.248. The standard InChI is InChI=1S/3C2H3.Al/c3*1-2;/h3*1H,2H2;. The average Bonchev–Trinajstić information content (AvgIpc) is 1.72. The van der Waals surface area contributed by atoms with E-state index in [1.54, 1.807) is 0 Å². The minimum Gasteiger partial charge on any atom is -0.143 e. The highest BCUT2D eigenvalue weighted by molar-refractivity contribution is 6.73. The van der Waals surface area contributed by atoms with E-state index in [4.69, 9.17) is 0 Å². The molecule has 0 aromatic rings. The summed E-state index contributed by atoms with van der Waals surface area (Å²) in [6.07, 6.45) is 0. The third-order valence-electron chi connectivity index (χ3n) is 0.816. The fourth-order valence-corrected chi connectivity index (χ4v) is 0.866. The number of rotatable bonds is 3. The lowest BCUT2D eigenvalue weighted by Gasteiger charge is -1.82. The Labute approximate surface area is 49.2 Å². The van der Waals surface area contributed by atoms with Gasteiger partial charge in [0, 0.05) is 0 Å². The van der Waals surface area contributed by atoms with Crippen LogP contribution in [0.15, 0.2) is 34.6 Å². The van der Waals surface area contributed by atoms with Crippen LogP contribution in [0, 0.1) is 0 Å². The Kier molecular flexibility index (Phi) is 3.79. The first-order chi connectivity index (χ1) is 3.35. The third-order valence-corrected chi connectivity index (χ3v) is 2.45. The van der Waals surface area contributed by atoms with Crippen LogP contribution in [-0.2, 0) is 0 Å². The summed E-state index contributed by atoms with van der Waals surface area (Å²) in [4.78, 5) is 5.79. The maximum absolute atomic E-state index is 3.62. The van der Waals surface area contributed by atoms with Crippen molar-refractivity contribution in [3.63, 3.8) is 0 Å². The quantitative estimate of drug-likeness (QED) is 0.482. The second-order valence-corrected chi connectivity index (χ2v) is 3.85. The van der Waals surface area contributed by atoms with E-state index in [1.165, 1.54) is 0 Å². The van der Waals surface area contributed by atoms with E-state index >= 15 is 0 Å². The first-order valence-electron chi connectivity index (χ1n) is 2.22. The lowest BCUT2D eigenvalue weighted by atomic mass is 11.2. The van der Waals surface area contributed by atoms with Crippen molar-refractivity contribution >= 4 is 14.1 Å². The van der Waals surface area contributed by atoms with Gasteiger partial charge in [0.2, 0.25) is 0 Å². The Morgan fingerprint density at radius 3 is 1.14 bits per heavy atom. The molecular weight excluding hydrogens is 99.0 g/mol. The van der Waals surface area contributed by atoms with Crippen molar-refractivity contribution in [1.82, 2.24) is 0 Å². The summed E-state index contributed by atoms with van der Waals surface area (Å²) in [5, 5.41) is 0. The molecule has 0 fully saturated rings. The molecule has 0 bridgehead atoms. The van der Waals surface area contributed by atoms with Crippen LogP contribution in [0.25, 0.3) is 0 Å². The van der Waals surface area contributed by atoms with Gasteiger partial charge >= 0.3 is 14.1 Å². The molecule has 0 nitrogen and oxygen atoms in total. The maximum atomic E-state index is 3.62. The third kappa shape index (κ3) is 2.45. The Balaban J connectivity index is 3.57. The van der Waals surface area contributed by atoms with E-state index in [1.807, 2.05) is 14.8 Å². The average molecular weight is 108 g/mol. The molecule has 0 aliphatic heterocycles. The Morgan fingerprint density at radius 2 is 1.14 bits per heavy atom. The molecule has 1 heteroatoms.